The topological polar surface area (TPSA) is 58.4 Å². The highest BCUT2D eigenvalue weighted by Crippen LogP contribution is 2.23. The Morgan fingerprint density at radius 1 is 1.50 bits per heavy atom. The molecule has 1 aliphatic rings. The molecule has 0 aromatic carbocycles. The van der Waals surface area contributed by atoms with Gasteiger partial charge in [-0.3, -0.25) is 14.4 Å². The van der Waals surface area contributed by atoms with Crippen LogP contribution in [-0.2, 0) is 31.4 Å². The maximum absolute atomic E-state index is 10.6. The number of aliphatic carboxylic acids is 1. The maximum atomic E-state index is 10.6. The van der Waals surface area contributed by atoms with Crippen molar-refractivity contribution < 1.29 is 9.90 Å². The van der Waals surface area contributed by atoms with Crippen molar-refractivity contribution in [2.45, 2.75) is 19.5 Å². The van der Waals surface area contributed by atoms with E-state index in [0.717, 1.165) is 30.0 Å². The summed E-state index contributed by atoms with van der Waals surface area (Å²) in [5, 5.41) is 13.1. The van der Waals surface area contributed by atoms with Crippen molar-refractivity contribution in [1.82, 2.24) is 14.7 Å². The lowest BCUT2D eigenvalue weighted by Crippen LogP contribution is -2.13. The van der Waals surface area contributed by atoms with Gasteiger partial charge in [-0.05, 0) is 7.05 Å². The summed E-state index contributed by atoms with van der Waals surface area (Å²) in [5.74, 6) is -0.801. The van der Waals surface area contributed by atoms with Crippen LogP contribution in [0.1, 0.15) is 17.0 Å². The first-order valence-corrected chi connectivity index (χ1v) is 4.52. The third kappa shape index (κ3) is 1.39. The van der Waals surface area contributed by atoms with E-state index in [1.807, 2.05) is 7.05 Å². The number of hydrogen-bond acceptors (Lipinski definition) is 3. The SMILES string of the molecule is CN1Cc2nn(C)c(CC(=O)O)c2C1. The highest BCUT2D eigenvalue weighted by atomic mass is 16.4. The number of aryl methyl sites for hydroxylation is 1. The van der Waals surface area contributed by atoms with Crippen LogP contribution in [0.5, 0.6) is 0 Å². The summed E-state index contributed by atoms with van der Waals surface area (Å²) >= 11 is 0. The second-order valence-electron chi connectivity index (χ2n) is 3.74. The van der Waals surface area contributed by atoms with Gasteiger partial charge in [0.15, 0.2) is 0 Å². The number of nitrogens with zero attached hydrogens (tertiary/aromatic N) is 3. The van der Waals surface area contributed by atoms with E-state index in [0.29, 0.717) is 0 Å². The van der Waals surface area contributed by atoms with Crippen LogP contribution in [0.4, 0.5) is 0 Å². The third-order valence-corrected chi connectivity index (χ3v) is 2.52. The summed E-state index contributed by atoms with van der Waals surface area (Å²) in [6.07, 6.45) is 0.0622. The summed E-state index contributed by atoms with van der Waals surface area (Å²) in [6.45, 7) is 1.63. The fraction of sp³-hybridized carbons (Fsp3) is 0.556. The molecule has 76 valence electrons. The van der Waals surface area contributed by atoms with E-state index in [1.54, 1.807) is 11.7 Å². The Bertz CT molecular complexity index is 384. The predicted molar refractivity (Wildman–Crippen MR) is 49.7 cm³/mol. The average molecular weight is 195 g/mol. The predicted octanol–water partition coefficient (Wildman–Crippen LogP) is -0.00740. The Labute approximate surface area is 81.9 Å². The van der Waals surface area contributed by atoms with Gasteiger partial charge < -0.3 is 5.11 Å². The van der Waals surface area contributed by atoms with Crippen LogP contribution in [0.3, 0.4) is 0 Å². The normalized spacial score (nSPS) is 15.9. The molecule has 0 radical (unpaired) electrons. The van der Waals surface area contributed by atoms with Gasteiger partial charge in [0, 0.05) is 25.7 Å². The molecule has 0 atom stereocenters. The molecule has 0 spiro atoms. The first-order chi connectivity index (χ1) is 6.58. The summed E-state index contributed by atoms with van der Waals surface area (Å²) in [5.41, 5.74) is 2.94. The van der Waals surface area contributed by atoms with Gasteiger partial charge in [-0.2, -0.15) is 5.10 Å². The molecular weight excluding hydrogens is 182 g/mol. The van der Waals surface area contributed by atoms with E-state index in [2.05, 4.69) is 10.00 Å². The molecule has 0 fully saturated rings. The van der Waals surface area contributed by atoms with Gasteiger partial charge in [0.05, 0.1) is 17.8 Å². The standard InChI is InChI=1S/C9H13N3O2/c1-11-4-6-7(5-11)10-12(2)8(6)3-9(13)14/h3-5H2,1-2H3,(H,13,14). The zero-order chi connectivity index (χ0) is 10.3. The molecule has 0 unspecified atom stereocenters. The molecule has 0 amide bonds. The van der Waals surface area contributed by atoms with Gasteiger partial charge in [-0.15, -0.1) is 0 Å². The van der Waals surface area contributed by atoms with Crippen LogP contribution in [0.15, 0.2) is 0 Å². The summed E-state index contributed by atoms with van der Waals surface area (Å²) in [4.78, 5) is 12.8. The van der Waals surface area contributed by atoms with Crippen LogP contribution in [0.2, 0.25) is 0 Å². The lowest BCUT2D eigenvalue weighted by Gasteiger charge is -2.07. The van der Waals surface area contributed by atoms with Crippen LogP contribution in [0.25, 0.3) is 0 Å². The molecule has 5 heteroatoms. The lowest BCUT2D eigenvalue weighted by molar-refractivity contribution is -0.136. The zero-order valence-electron chi connectivity index (χ0n) is 8.32. The van der Waals surface area contributed by atoms with E-state index in [9.17, 15) is 4.79 Å². The van der Waals surface area contributed by atoms with Crippen molar-refractivity contribution in [2.24, 2.45) is 7.05 Å². The van der Waals surface area contributed by atoms with Crippen LogP contribution in [-0.4, -0.2) is 32.8 Å². The highest BCUT2D eigenvalue weighted by Gasteiger charge is 2.24. The first kappa shape index (κ1) is 9.21. The highest BCUT2D eigenvalue weighted by molar-refractivity contribution is 5.70. The van der Waals surface area contributed by atoms with Gasteiger partial charge in [0.1, 0.15) is 0 Å². The van der Waals surface area contributed by atoms with Gasteiger partial charge in [-0.1, -0.05) is 0 Å². The van der Waals surface area contributed by atoms with E-state index in [-0.39, 0.29) is 6.42 Å². The van der Waals surface area contributed by atoms with Crippen molar-refractivity contribution >= 4 is 5.97 Å². The van der Waals surface area contributed by atoms with Crippen LogP contribution >= 0.6 is 0 Å². The fourth-order valence-corrected chi connectivity index (χ4v) is 1.92. The van der Waals surface area contributed by atoms with Crippen molar-refractivity contribution in [3.8, 4) is 0 Å². The lowest BCUT2D eigenvalue weighted by atomic mass is 10.1. The molecule has 0 saturated heterocycles. The van der Waals surface area contributed by atoms with E-state index in [1.165, 1.54) is 0 Å². The Hall–Kier alpha value is -1.36. The zero-order valence-corrected chi connectivity index (χ0v) is 8.32. The Morgan fingerprint density at radius 2 is 2.21 bits per heavy atom. The minimum atomic E-state index is -0.801. The molecule has 14 heavy (non-hydrogen) atoms. The number of carboxylic acid groups (broad SMARTS) is 1. The van der Waals surface area contributed by atoms with Crippen LogP contribution < -0.4 is 0 Å². The first-order valence-electron chi connectivity index (χ1n) is 4.52. The van der Waals surface area contributed by atoms with E-state index in [4.69, 9.17) is 5.11 Å². The number of aromatic nitrogens is 2. The molecule has 1 aliphatic heterocycles. The Kier molecular flexibility index (Phi) is 2.03. The van der Waals surface area contributed by atoms with E-state index >= 15 is 0 Å². The molecule has 2 rings (SSSR count). The molecule has 2 heterocycles. The van der Waals surface area contributed by atoms with Crippen LogP contribution in [0, 0.1) is 0 Å². The number of carboxylic acids is 1. The summed E-state index contributed by atoms with van der Waals surface area (Å²) in [7, 11) is 3.81. The molecular formula is C9H13N3O2. The molecule has 0 bridgehead atoms. The fourth-order valence-electron chi connectivity index (χ4n) is 1.92. The Morgan fingerprint density at radius 3 is 2.86 bits per heavy atom. The largest absolute Gasteiger partial charge is 0.481 e. The smallest absolute Gasteiger partial charge is 0.309 e. The molecule has 1 aromatic heterocycles. The second kappa shape index (κ2) is 3.09. The molecule has 1 aromatic rings. The molecule has 1 N–H and O–H groups in total. The minimum absolute atomic E-state index is 0.0622. The van der Waals surface area contributed by atoms with Crippen molar-refractivity contribution in [3.63, 3.8) is 0 Å². The van der Waals surface area contributed by atoms with E-state index < -0.39 is 5.97 Å². The number of rotatable bonds is 2. The molecule has 0 aliphatic carbocycles. The summed E-state index contributed by atoms with van der Waals surface area (Å²) in [6, 6.07) is 0. The Balaban J connectivity index is 2.36. The van der Waals surface area contributed by atoms with Gasteiger partial charge in [-0.25, -0.2) is 0 Å². The number of hydrogen-bond donors (Lipinski definition) is 1. The van der Waals surface area contributed by atoms with Gasteiger partial charge in [0.2, 0.25) is 0 Å². The number of carbonyl (C=O) groups is 1. The quantitative estimate of drug-likeness (QED) is 0.721. The molecule has 0 saturated carbocycles. The summed E-state index contributed by atoms with van der Waals surface area (Å²) < 4.78 is 1.69. The minimum Gasteiger partial charge on any atom is -0.481 e. The molecule has 5 nitrogen and oxygen atoms in total. The number of fused-ring (bicyclic) bond motifs is 1. The van der Waals surface area contributed by atoms with Crippen molar-refractivity contribution in [2.75, 3.05) is 7.05 Å². The second-order valence-corrected chi connectivity index (χ2v) is 3.74. The maximum Gasteiger partial charge on any atom is 0.309 e. The van der Waals surface area contributed by atoms with Crippen molar-refractivity contribution in [3.05, 3.63) is 17.0 Å². The van der Waals surface area contributed by atoms with Crippen molar-refractivity contribution in [1.29, 1.82) is 0 Å². The average Bonchev–Trinajstić information content (AvgIpc) is 2.51. The van der Waals surface area contributed by atoms with Gasteiger partial charge in [0.25, 0.3) is 0 Å². The third-order valence-electron chi connectivity index (χ3n) is 2.52. The van der Waals surface area contributed by atoms with Gasteiger partial charge >= 0.3 is 5.97 Å². The monoisotopic (exact) mass is 195 g/mol.